The summed E-state index contributed by atoms with van der Waals surface area (Å²) >= 11 is 0. The van der Waals surface area contributed by atoms with Gasteiger partial charge >= 0.3 is 0 Å². The van der Waals surface area contributed by atoms with Gasteiger partial charge in [-0.1, -0.05) is 18.2 Å². The molecular weight excluding hydrogens is 438 g/mol. The second-order valence-corrected chi connectivity index (χ2v) is 8.82. The topological polar surface area (TPSA) is 81.2 Å². The number of nitriles is 1. The third kappa shape index (κ3) is 4.65. The smallest absolute Gasteiger partial charge is 0.137 e. The highest BCUT2D eigenvalue weighted by atomic mass is 19.1. The van der Waals surface area contributed by atoms with E-state index in [1.54, 1.807) is 0 Å². The average molecular weight is 467 g/mol. The van der Waals surface area contributed by atoms with E-state index in [-0.39, 0.29) is 18.2 Å². The van der Waals surface area contributed by atoms with Crippen LogP contribution in [0.4, 0.5) is 14.5 Å². The fourth-order valence-corrected chi connectivity index (χ4v) is 4.88. The summed E-state index contributed by atoms with van der Waals surface area (Å²) in [6, 6.07) is 12.8. The lowest BCUT2D eigenvalue weighted by molar-refractivity contribution is -0.0690. The molecule has 0 radical (unpaired) electrons. The molecule has 0 aliphatic carbocycles. The van der Waals surface area contributed by atoms with E-state index >= 15 is 0 Å². The fraction of sp³-hybridized carbons (Fsp3) is 0.400. The van der Waals surface area contributed by atoms with Crippen LogP contribution >= 0.6 is 0 Å². The molecule has 1 N–H and O–H groups in total. The Kier molecular flexibility index (Phi) is 6.91. The van der Waals surface area contributed by atoms with Crippen LogP contribution in [0.15, 0.2) is 55.1 Å². The summed E-state index contributed by atoms with van der Waals surface area (Å²) < 4.78 is 29.9. The van der Waals surface area contributed by atoms with Gasteiger partial charge in [-0.15, -0.1) is 0 Å². The molecule has 3 aromatic rings. The molecule has 1 aliphatic heterocycles. The van der Waals surface area contributed by atoms with E-state index in [1.807, 2.05) is 38.2 Å². The number of benzene rings is 2. The molecule has 2 heterocycles. The molecule has 178 valence electrons. The first kappa shape index (κ1) is 23.8. The maximum Gasteiger partial charge on any atom is 0.137 e. The molecule has 9 heteroatoms. The van der Waals surface area contributed by atoms with E-state index in [1.165, 1.54) is 23.4 Å². The lowest BCUT2D eigenvalue weighted by atomic mass is 9.84. The molecule has 0 spiro atoms. The van der Waals surface area contributed by atoms with Gasteiger partial charge in [0.25, 0.3) is 0 Å². The van der Waals surface area contributed by atoms with Gasteiger partial charge in [0.2, 0.25) is 0 Å². The molecule has 1 fully saturated rings. The first-order valence-corrected chi connectivity index (χ1v) is 11.3. The van der Waals surface area contributed by atoms with Crippen molar-refractivity contribution in [1.82, 2.24) is 19.7 Å². The number of likely N-dealkylation sites (tertiary alicyclic amines) is 1. The Bertz CT molecular complexity index is 1160. The van der Waals surface area contributed by atoms with Crippen molar-refractivity contribution in [3.63, 3.8) is 0 Å². The van der Waals surface area contributed by atoms with Gasteiger partial charge in [0, 0.05) is 43.9 Å². The minimum absolute atomic E-state index is 0.0217. The molecule has 1 aromatic heterocycles. The van der Waals surface area contributed by atoms with Gasteiger partial charge in [0.15, 0.2) is 0 Å². The normalized spacial score (nSPS) is 17.6. The van der Waals surface area contributed by atoms with Crippen molar-refractivity contribution in [1.29, 1.82) is 5.26 Å². The van der Waals surface area contributed by atoms with Crippen molar-refractivity contribution in [2.24, 2.45) is 0 Å². The van der Waals surface area contributed by atoms with Crippen molar-refractivity contribution in [3.8, 4) is 6.07 Å². The van der Waals surface area contributed by atoms with Crippen molar-refractivity contribution < 1.29 is 13.9 Å². The second kappa shape index (κ2) is 9.87. The third-order valence-electron chi connectivity index (χ3n) is 6.96. The van der Waals surface area contributed by atoms with Gasteiger partial charge in [-0.2, -0.15) is 10.4 Å². The van der Waals surface area contributed by atoms with E-state index in [2.05, 4.69) is 26.0 Å². The molecular formula is C25H28F2N6O. The number of halogens is 2. The molecule has 4 rings (SSSR count). The van der Waals surface area contributed by atoms with Crippen molar-refractivity contribution in [3.05, 3.63) is 77.9 Å². The maximum atomic E-state index is 14.8. The number of rotatable bonds is 7. The average Bonchev–Trinajstić information content (AvgIpc) is 3.35. The summed E-state index contributed by atoms with van der Waals surface area (Å²) in [4.78, 5) is 8.19. The highest BCUT2D eigenvalue weighted by molar-refractivity contribution is 5.59. The highest BCUT2D eigenvalue weighted by Gasteiger charge is 2.43. The van der Waals surface area contributed by atoms with E-state index in [0.29, 0.717) is 18.7 Å². The maximum absolute atomic E-state index is 14.8. The van der Waals surface area contributed by atoms with E-state index in [4.69, 9.17) is 0 Å². The Morgan fingerprint density at radius 3 is 2.62 bits per heavy atom. The second-order valence-electron chi connectivity index (χ2n) is 8.82. The number of piperidine rings is 1. The van der Waals surface area contributed by atoms with Crippen molar-refractivity contribution >= 4 is 5.69 Å². The molecule has 1 aliphatic rings. The number of hydrogen-bond donors (Lipinski definition) is 1. The standard InChI is InChI=1S/C25H28F2N6O/c1-18(25(34,15-33-17-29-16-30-33)22-8-7-20(26)13-23(22)27)32-11-9-21(10-12-32)31(2)24-6-4-3-5-19(24)14-28/h3-8,13,16-18,21,34H,9-12,15H2,1-2H3/t18-,25-/m1/s1. The lowest BCUT2D eigenvalue weighted by Gasteiger charge is -2.45. The Balaban J connectivity index is 1.54. The molecule has 2 aromatic carbocycles. The van der Waals surface area contributed by atoms with E-state index < -0.39 is 23.3 Å². The molecule has 0 bridgehead atoms. The zero-order valence-corrected chi connectivity index (χ0v) is 19.3. The summed E-state index contributed by atoms with van der Waals surface area (Å²) in [5.41, 5.74) is -0.0982. The fourth-order valence-electron chi connectivity index (χ4n) is 4.88. The van der Waals surface area contributed by atoms with Crippen LogP contribution in [0.1, 0.15) is 30.9 Å². The summed E-state index contributed by atoms with van der Waals surface area (Å²) in [5, 5.41) is 25.4. The summed E-state index contributed by atoms with van der Waals surface area (Å²) in [5.74, 6) is -1.49. The summed E-state index contributed by atoms with van der Waals surface area (Å²) in [6.07, 6.45) is 4.44. The SMILES string of the molecule is C[C@@H](N1CCC(N(C)c2ccccc2C#N)CC1)[C@](O)(Cn1cncn1)c1ccc(F)cc1F. The van der Waals surface area contributed by atoms with E-state index in [0.717, 1.165) is 30.7 Å². The lowest BCUT2D eigenvalue weighted by Crippen LogP contribution is -2.55. The first-order valence-electron chi connectivity index (χ1n) is 11.3. The number of aliphatic hydroxyl groups is 1. The predicted octanol–water partition coefficient (Wildman–Crippen LogP) is 3.31. The van der Waals surface area contributed by atoms with Crippen molar-refractivity contribution in [2.45, 2.75) is 44.0 Å². The summed E-state index contributed by atoms with van der Waals surface area (Å²) in [7, 11) is 1.99. The third-order valence-corrected chi connectivity index (χ3v) is 6.96. The number of hydrogen-bond acceptors (Lipinski definition) is 6. The number of para-hydroxylation sites is 1. The molecule has 0 amide bonds. The first-order chi connectivity index (χ1) is 16.3. The molecule has 0 saturated carbocycles. The Morgan fingerprint density at radius 2 is 1.97 bits per heavy atom. The van der Waals surface area contributed by atoms with Crippen LogP contribution < -0.4 is 4.90 Å². The number of anilines is 1. The molecule has 7 nitrogen and oxygen atoms in total. The van der Waals surface area contributed by atoms with Crippen LogP contribution in [0, 0.1) is 23.0 Å². The van der Waals surface area contributed by atoms with Crippen LogP contribution in [0.3, 0.4) is 0 Å². The van der Waals surface area contributed by atoms with Gasteiger partial charge < -0.3 is 10.0 Å². The van der Waals surface area contributed by atoms with Gasteiger partial charge in [0.05, 0.1) is 17.8 Å². The summed E-state index contributed by atoms with van der Waals surface area (Å²) in [6.45, 7) is 3.18. The molecule has 1 saturated heterocycles. The van der Waals surface area contributed by atoms with Gasteiger partial charge in [-0.3, -0.25) is 4.90 Å². The zero-order valence-electron chi connectivity index (χ0n) is 19.3. The predicted molar refractivity (Wildman–Crippen MR) is 124 cm³/mol. The molecule has 2 atom stereocenters. The van der Waals surface area contributed by atoms with Crippen molar-refractivity contribution in [2.75, 3.05) is 25.0 Å². The molecule has 34 heavy (non-hydrogen) atoms. The van der Waals surface area contributed by atoms with Crippen LogP contribution in [0.2, 0.25) is 0 Å². The molecule has 0 unspecified atom stereocenters. The van der Waals surface area contributed by atoms with Gasteiger partial charge in [-0.05, 0) is 38.0 Å². The minimum Gasteiger partial charge on any atom is -0.381 e. The number of nitrogens with zero attached hydrogens (tertiary/aromatic N) is 6. The van der Waals surface area contributed by atoms with Crippen LogP contribution in [-0.2, 0) is 12.1 Å². The Morgan fingerprint density at radius 1 is 1.24 bits per heavy atom. The Hall–Kier alpha value is -3.35. The van der Waals surface area contributed by atoms with Gasteiger partial charge in [-0.25, -0.2) is 18.4 Å². The zero-order chi connectivity index (χ0) is 24.3. The van der Waals surface area contributed by atoms with Crippen LogP contribution in [-0.4, -0.2) is 57.0 Å². The minimum atomic E-state index is -1.66. The Labute approximate surface area is 197 Å². The van der Waals surface area contributed by atoms with Gasteiger partial charge in [0.1, 0.15) is 36.0 Å². The van der Waals surface area contributed by atoms with Crippen LogP contribution in [0.25, 0.3) is 0 Å². The quantitative estimate of drug-likeness (QED) is 0.576. The van der Waals surface area contributed by atoms with E-state index in [9.17, 15) is 19.1 Å². The van der Waals surface area contributed by atoms with Crippen LogP contribution in [0.5, 0.6) is 0 Å². The number of aromatic nitrogens is 3. The monoisotopic (exact) mass is 466 g/mol. The highest BCUT2D eigenvalue weighted by Crippen LogP contribution is 2.35. The largest absolute Gasteiger partial charge is 0.381 e.